The Morgan fingerprint density at radius 1 is 1.35 bits per heavy atom. The third-order valence-electron chi connectivity index (χ3n) is 2.83. The third-order valence-corrected chi connectivity index (χ3v) is 4.84. The van der Waals surface area contributed by atoms with Crippen LogP contribution in [-0.2, 0) is 4.79 Å². The summed E-state index contributed by atoms with van der Waals surface area (Å²) in [5.74, 6) is 1.29. The minimum Gasteiger partial charge on any atom is -0.279 e. The van der Waals surface area contributed by atoms with Gasteiger partial charge in [0.05, 0.1) is 0 Å². The number of thioether (sulfide) groups is 2. The average Bonchev–Trinajstić information content (AvgIpc) is 2.77. The second-order valence-electron chi connectivity index (χ2n) is 4.72. The highest BCUT2D eigenvalue weighted by Crippen LogP contribution is 2.31. The Kier molecular flexibility index (Phi) is 5.26. The molecule has 1 aromatic carbocycles. The fraction of sp³-hybridized carbons (Fsp3) is 0.250. The van der Waals surface area contributed by atoms with E-state index in [1.165, 1.54) is 17.3 Å². The van der Waals surface area contributed by atoms with Gasteiger partial charge in [0.15, 0.2) is 0 Å². The fourth-order valence-corrected chi connectivity index (χ4v) is 3.32. The van der Waals surface area contributed by atoms with Crippen molar-refractivity contribution in [2.24, 2.45) is 4.99 Å². The quantitative estimate of drug-likeness (QED) is 0.596. The second kappa shape index (κ2) is 6.95. The van der Waals surface area contributed by atoms with Gasteiger partial charge in [-0.25, -0.2) is 4.99 Å². The molecular formula is C16H17NOS2. The first-order valence-electron chi connectivity index (χ1n) is 6.46. The number of aliphatic imine (C=N–C) groups is 1. The highest BCUT2D eigenvalue weighted by Gasteiger charge is 2.21. The first-order chi connectivity index (χ1) is 9.60. The van der Waals surface area contributed by atoms with Gasteiger partial charge in [-0.3, -0.25) is 4.79 Å². The van der Waals surface area contributed by atoms with E-state index in [4.69, 9.17) is 0 Å². The number of nitrogens with zero attached hydrogens (tertiary/aromatic N) is 1. The second-order valence-corrected chi connectivity index (χ2v) is 6.95. The monoisotopic (exact) mass is 303 g/mol. The van der Waals surface area contributed by atoms with Gasteiger partial charge >= 0.3 is 0 Å². The predicted molar refractivity (Wildman–Crippen MR) is 91.2 cm³/mol. The largest absolute Gasteiger partial charge is 0.279 e. The van der Waals surface area contributed by atoms with Crippen LogP contribution >= 0.6 is 23.5 Å². The Labute approximate surface area is 128 Å². The highest BCUT2D eigenvalue weighted by atomic mass is 32.2. The zero-order valence-corrected chi connectivity index (χ0v) is 13.3. The van der Waals surface area contributed by atoms with Crippen molar-refractivity contribution in [2.75, 3.05) is 5.75 Å². The Bertz CT molecular complexity index is 571. The summed E-state index contributed by atoms with van der Waals surface area (Å²) in [4.78, 5) is 16.2. The molecule has 104 valence electrons. The van der Waals surface area contributed by atoms with Crippen molar-refractivity contribution in [2.45, 2.75) is 19.8 Å². The molecule has 0 aliphatic carbocycles. The molecule has 0 saturated heterocycles. The molecule has 0 aromatic heterocycles. The van der Waals surface area contributed by atoms with E-state index in [0.717, 1.165) is 15.7 Å². The van der Waals surface area contributed by atoms with Gasteiger partial charge in [0.2, 0.25) is 5.12 Å². The van der Waals surface area contributed by atoms with Crippen LogP contribution in [0.15, 0.2) is 47.6 Å². The molecule has 20 heavy (non-hydrogen) atoms. The van der Waals surface area contributed by atoms with Crippen molar-refractivity contribution in [3.8, 4) is 0 Å². The lowest BCUT2D eigenvalue weighted by atomic mass is 10.0. The van der Waals surface area contributed by atoms with Gasteiger partial charge in [-0.2, -0.15) is 0 Å². The molecule has 0 N–H and O–H groups in total. The molecule has 0 spiro atoms. The Morgan fingerprint density at radius 2 is 2.05 bits per heavy atom. The van der Waals surface area contributed by atoms with E-state index < -0.39 is 0 Å². The molecule has 1 aromatic rings. The third kappa shape index (κ3) is 3.87. The van der Waals surface area contributed by atoms with E-state index >= 15 is 0 Å². The first kappa shape index (κ1) is 15.1. The average molecular weight is 303 g/mol. The minimum absolute atomic E-state index is 0.0181. The molecule has 0 unspecified atom stereocenters. The molecule has 1 aliphatic rings. The topological polar surface area (TPSA) is 29.4 Å². The summed E-state index contributed by atoms with van der Waals surface area (Å²) in [5, 5.41) is 0.0181. The van der Waals surface area contributed by atoms with Crippen LogP contribution in [0.1, 0.15) is 30.9 Å². The summed E-state index contributed by atoms with van der Waals surface area (Å²) < 4.78 is 0.806. The van der Waals surface area contributed by atoms with Gasteiger partial charge in [-0.15, -0.1) is 6.58 Å². The van der Waals surface area contributed by atoms with Gasteiger partial charge in [0.25, 0.3) is 0 Å². The van der Waals surface area contributed by atoms with E-state index in [0.29, 0.717) is 11.6 Å². The molecule has 0 bridgehead atoms. The van der Waals surface area contributed by atoms with Crippen molar-refractivity contribution in [1.82, 2.24) is 0 Å². The van der Waals surface area contributed by atoms with Crippen LogP contribution in [0.2, 0.25) is 0 Å². The van der Waals surface area contributed by atoms with Crippen molar-refractivity contribution < 1.29 is 4.79 Å². The molecule has 2 rings (SSSR count). The van der Waals surface area contributed by atoms with Gasteiger partial charge in [-0.1, -0.05) is 56.0 Å². The molecule has 1 heterocycles. The van der Waals surface area contributed by atoms with Gasteiger partial charge in [-0.05, 0) is 34.9 Å². The standard InChI is InChI=1S/C16H17NOS2/c1-4-9-19-16-17-14(15(18)20-16)10-12-5-7-13(8-6-12)11(2)3/h4-8,10-11H,1,9H2,2-3H3. The molecule has 4 heteroatoms. The molecule has 0 saturated carbocycles. The van der Waals surface area contributed by atoms with E-state index in [1.54, 1.807) is 11.8 Å². The zero-order valence-electron chi connectivity index (χ0n) is 11.6. The minimum atomic E-state index is 0.0181. The summed E-state index contributed by atoms with van der Waals surface area (Å²) in [5.41, 5.74) is 2.83. The number of carbonyl (C=O) groups excluding carboxylic acids is 1. The van der Waals surface area contributed by atoms with Crippen molar-refractivity contribution in [3.63, 3.8) is 0 Å². The lowest BCUT2D eigenvalue weighted by Crippen LogP contribution is -1.89. The van der Waals surface area contributed by atoms with Gasteiger partial charge < -0.3 is 0 Å². The number of hydrogen-bond donors (Lipinski definition) is 0. The normalized spacial score (nSPS) is 16.9. The fourth-order valence-electron chi connectivity index (χ4n) is 1.72. The summed E-state index contributed by atoms with van der Waals surface area (Å²) in [6, 6.07) is 8.26. The molecule has 1 aliphatic heterocycles. The van der Waals surface area contributed by atoms with Gasteiger partial charge in [0.1, 0.15) is 10.1 Å². The maximum Gasteiger partial charge on any atom is 0.244 e. The molecule has 2 nitrogen and oxygen atoms in total. The number of carbonyl (C=O) groups is 1. The first-order valence-corrected chi connectivity index (χ1v) is 8.26. The maximum absolute atomic E-state index is 11.9. The van der Waals surface area contributed by atoms with E-state index in [9.17, 15) is 4.79 Å². The molecular weight excluding hydrogens is 286 g/mol. The highest BCUT2D eigenvalue weighted by molar-refractivity contribution is 8.45. The molecule has 0 radical (unpaired) electrons. The van der Waals surface area contributed by atoms with Crippen LogP contribution in [0.3, 0.4) is 0 Å². The molecule has 0 amide bonds. The van der Waals surface area contributed by atoms with Crippen LogP contribution in [0, 0.1) is 0 Å². The van der Waals surface area contributed by atoms with Crippen LogP contribution < -0.4 is 0 Å². The maximum atomic E-state index is 11.9. The van der Waals surface area contributed by atoms with Crippen molar-refractivity contribution in [3.05, 3.63) is 53.7 Å². The lowest BCUT2D eigenvalue weighted by molar-refractivity contribution is -0.107. The summed E-state index contributed by atoms with van der Waals surface area (Å²) >= 11 is 2.74. The van der Waals surface area contributed by atoms with Crippen molar-refractivity contribution in [1.29, 1.82) is 0 Å². The number of benzene rings is 1. The van der Waals surface area contributed by atoms with E-state index in [-0.39, 0.29) is 5.12 Å². The zero-order chi connectivity index (χ0) is 14.5. The lowest BCUT2D eigenvalue weighted by Gasteiger charge is -2.04. The van der Waals surface area contributed by atoms with E-state index in [1.807, 2.05) is 24.3 Å². The van der Waals surface area contributed by atoms with E-state index in [2.05, 4.69) is 37.6 Å². The smallest absolute Gasteiger partial charge is 0.244 e. The van der Waals surface area contributed by atoms with Crippen LogP contribution in [-0.4, -0.2) is 15.2 Å². The number of hydrogen-bond acceptors (Lipinski definition) is 4. The Hall–Kier alpha value is -1.26. The van der Waals surface area contributed by atoms with Gasteiger partial charge in [0, 0.05) is 5.75 Å². The summed E-state index contributed by atoms with van der Waals surface area (Å²) in [6.07, 6.45) is 3.66. The Balaban J connectivity index is 2.15. The van der Waals surface area contributed by atoms with Crippen molar-refractivity contribution >= 4 is 39.1 Å². The Morgan fingerprint density at radius 3 is 2.65 bits per heavy atom. The predicted octanol–water partition coefficient (Wildman–Crippen LogP) is 4.70. The van der Waals surface area contributed by atoms with Crippen LogP contribution in [0.5, 0.6) is 0 Å². The molecule has 0 atom stereocenters. The van der Waals surface area contributed by atoms with Crippen LogP contribution in [0.25, 0.3) is 6.08 Å². The number of rotatable bonds is 4. The SMILES string of the molecule is C=CCSC1=NC(=Cc2ccc(C(C)C)cc2)C(=O)S1. The molecule has 0 fully saturated rings. The summed E-state index contributed by atoms with van der Waals surface area (Å²) in [7, 11) is 0. The summed E-state index contributed by atoms with van der Waals surface area (Å²) in [6.45, 7) is 7.99. The van der Waals surface area contributed by atoms with Crippen LogP contribution in [0.4, 0.5) is 0 Å².